The maximum absolute atomic E-state index is 12.3. The molecule has 0 unspecified atom stereocenters. The highest BCUT2D eigenvalue weighted by Crippen LogP contribution is 2.21. The highest BCUT2D eigenvalue weighted by Gasteiger charge is 2.19. The molecule has 0 saturated carbocycles. The number of amides is 2. The number of imidazole rings is 1. The number of halogens is 1. The van der Waals surface area contributed by atoms with Crippen molar-refractivity contribution in [2.24, 2.45) is 0 Å². The normalized spacial score (nSPS) is 10.6. The lowest BCUT2D eigenvalue weighted by molar-refractivity contribution is -0.126. The number of esters is 1. The third-order valence-corrected chi connectivity index (χ3v) is 5.17. The average Bonchev–Trinajstić information content (AvgIpc) is 3.11. The number of thioether (sulfide) groups is 1. The van der Waals surface area contributed by atoms with E-state index in [4.69, 9.17) is 4.74 Å². The lowest BCUT2D eigenvalue weighted by Gasteiger charge is -2.08. The van der Waals surface area contributed by atoms with E-state index in [2.05, 4.69) is 31.5 Å². The lowest BCUT2D eigenvalue weighted by Crippen LogP contribution is -2.35. The molecule has 0 bridgehead atoms. The molecular formula is C19H17BrN4O4S. The summed E-state index contributed by atoms with van der Waals surface area (Å²) in [4.78, 5) is 40.5. The van der Waals surface area contributed by atoms with Crippen LogP contribution in [0.1, 0.15) is 10.5 Å². The standard InChI is InChI=1S/C19H17BrN4O4S/c1-29-19-23-17(14-8-4-5-9-24(14)19)18(27)28-11-16(26)21-10-15(25)22-13-7-3-2-6-12(13)20/h2-9H,10-11H2,1H3,(H,21,26)(H,22,25). The number of rotatable bonds is 7. The number of benzene rings is 1. The Bertz CT molecular complexity index is 1070. The minimum Gasteiger partial charge on any atom is -0.451 e. The Kier molecular flexibility index (Phi) is 6.89. The van der Waals surface area contributed by atoms with Crippen LogP contribution in [-0.2, 0) is 14.3 Å². The SMILES string of the molecule is CSc1nc(C(=O)OCC(=O)NCC(=O)Nc2ccccc2Br)c2ccccn12. The summed E-state index contributed by atoms with van der Waals surface area (Å²) in [6.45, 7) is -0.761. The molecule has 2 N–H and O–H groups in total. The van der Waals surface area contributed by atoms with Crippen LogP contribution in [0, 0.1) is 0 Å². The molecular weight excluding hydrogens is 460 g/mol. The zero-order valence-electron chi connectivity index (χ0n) is 15.3. The second-order valence-corrected chi connectivity index (χ2v) is 7.41. The molecule has 2 aromatic heterocycles. The van der Waals surface area contributed by atoms with E-state index < -0.39 is 24.4 Å². The van der Waals surface area contributed by atoms with Crippen molar-refractivity contribution in [3.63, 3.8) is 0 Å². The first-order chi connectivity index (χ1) is 14.0. The molecule has 0 radical (unpaired) electrons. The fourth-order valence-corrected chi connectivity index (χ4v) is 3.41. The van der Waals surface area contributed by atoms with Crippen LogP contribution < -0.4 is 10.6 Å². The predicted molar refractivity (Wildman–Crippen MR) is 113 cm³/mol. The van der Waals surface area contributed by atoms with E-state index >= 15 is 0 Å². The van der Waals surface area contributed by atoms with E-state index in [0.29, 0.717) is 16.4 Å². The van der Waals surface area contributed by atoms with Crippen molar-refractivity contribution in [2.45, 2.75) is 5.16 Å². The van der Waals surface area contributed by atoms with Gasteiger partial charge in [0.25, 0.3) is 5.91 Å². The number of hydrogen-bond acceptors (Lipinski definition) is 6. The van der Waals surface area contributed by atoms with Crippen molar-refractivity contribution >= 4 is 56.7 Å². The van der Waals surface area contributed by atoms with Gasteiger partial charge in [0.15, 0.2) is 17.5 Å². The molecule has 0 aliphatic heterocycles. The summed E-state index contributed by atoms with van der Waals surface area (Å²) < 4.78 is 7.55. The molecule has 2 heterocycles. The van der Waals surface area contributed by atoms with Crippen LogP contribution in [-0.4, -0.2) is 46.6 Å². The molecule has 3 rings (SSSR count). The van der Waals surface area contributed by atoms with Crippen LogP contribution in [0.25, 0.3) is 5.52 Å². The number of ether oxygens (including phenoxy) is 1. The highest BCUT2D eigenvalue weighted by molar-refractivity contribution is 9.10. The Morgan fingerprint density at radius 3 is 2.66 bits per heavy atom. The number of carbonyl (C=O) groups is 3. The summed E-state index contributed by atoms with van der Waals surface area (Å²) in [5.41, 5.74) is 1.32. The molecule has 0 saturated heterocycles. The smallest absolute Gasteiger partial charge is 0.359 e. The Hall–Kier alpha value is -2.85. The van der Waals surface area contributed by atoms with Gasteiger partial charge >= 0.3 is 5.97 Å². The van der Waals surface area contributed by atoms with E-state index in [1.165, 1.54) is 11.8 Å². The summed E-state index contributed by atoms with van der Waals surface area (Å²) in [5.74, 6) is -1.70. The minimum absolute atomic E-state index is 0.134. The van der Waals surface area contributed by atoms with Crippen molar-refractivity contribution in [2.75, 3.05) is 24.7 Å². The van der Waals surface area contributed by atoms with Crippen molar-refractivity contribution in [1.82, 2.24) is 14.7 Å². The summed E-state index contributed by atoms with van der Waals surface area (Å²) in [5, 5.41) is 5.71. The van der Waals surface area contributed by atoms with Gasteiger partial charge in [-0.25, -0.2) is 9.78 Å². The molecule has 1 aromatic carbocycles. The molecule has 2 amide bonds. The average molecular weight is 477 g/mol. The first kappa shape index (κ1) is 20.9. The van der Waals surface area contributed by atoms with Gasteiger partial charge in [0.1, 0.15) is 0 Å². The van der Waals surface area contributed by atoms with Crippen molar-refractivity contribution in [3.8, 4) is 0 Å². The number of nitrogens with zero attached hydrogens (tertiary/aromatic N) is 2. The van der Waals surface area contributed by atoms with Gasteiger partial charge in [-0.15, -0.1) is 0 Å². The first-order valence-electron chi connectivity index (χ1n) is 8.49. The summed E-state index contributed by atoms with van der Waals surface area (Å²) in [6, 6.07) is 12.5. The van der Waals surface area contributed by atoms with Crippen molar-refractivity contribution in [1.29, 1.82) is 0 Å². The fraction of sp³-hybridized carbons (Fsp3) is 0.158. The maximum Gasteiger partial charge on any atom is 0.359 e. The van der Waals surface area contributed by atoms with Gasteiger partial charge in [-0.3, -0.25) is 14.0 Å². The van der Waals surface area contributed by atoms with E-state index in [9.17, 15) is 14.4 Å². The molecule has 3 aromatic rings. The molecule has 0 spiro atoms. The van der Waals surface area contributed by atoms with Gasteiger partial charge in [0.05, 0.1) is 17.7 Å². The van der Waals surface area contributed by atoms with E-state index in [1.807, 2.05) is 18.4 Å². The molecule has 150 valence electrons. The Morgan fingerprint density at radius 2 is 1.90 bits per heavy atom. The number of carbonyl (C=O) groups excluding carboxylic acids is 3. The van der Waals surface area contributed by atoms with Crippen LogP contribution in [0.5, 0.6) is 0 Å². The van der Waals surface area contributed by atoms with Crippen molar-refractivity contribution < 1.29 is 19.1 Å². The number of pyridine rings is 1. The third-order valence-electron chi connectivity index (χ3n) is 3.82. The van der Waals surface area contributed by atoms with E-state index in [0.717, 1.165) is 4.47 Å². The Labute approximate surface area is 179 Å². The van der Waals surface area contributed by atoms with Crippen LogP contribution in [0.2, 0.25) is 0 Å². The van der Waals surface area contributed by atoms with Crippen molar-refractivity contribution in [3.05, 3.63) is 58.8 Å². The lowest BCUT2D eigenvalue weighted by atomic mass is 10.3. The van der Waals surface area contributed by atoms with Crippen LogP contribution in [0.3, 0.4) is 0 Å². The highest BCUT2D eigenvalue weighted by atomic mass is 79.9. The largest absolute Gasteiger partial charge is 0.451 e. The number of nitrogens with one attached hydrogen (secondary N) is 2. The van der Waals surface area contributed by atoms with Crippen LogP contribution in [0.4, 0.5) is 5.69 Å². The first-order valence-corrected chi connectivity index (χ1v) is 10.5. The van der Waals surface area contributed by atoms with E-state index in [1.54, 1.807) is 40.9 Å². The summed E-state index contributed by atoms with van der Waals surface area (Å²) >= 11 is 4.71. The van der Waals surface area contributed by atoms with Gasteiger partial charge < -0.3 is 15.4 Å². The Balaban J connectivity index is 1.51. The Morgan fingerprint density at radius 1 is 1.14 bits per heavy atom. The molecule has 0 atom stereocenters. The molecule has 0 aliphatic carbocycles. The number of fused-ring (bicyclic) bond motifs is 1. The van der Waals surface area contributed by atoms with Crippen LogP contribution >= 0.6 is 27.7 Å². The van der Waals surface area contributed by atoms with Crippen LogP contribution in [0.15, 0.2) is 58.3 Å². The molecule has 0 aliphatic rings. The molecule has 29 heavy (non-hydrogen) atoms. The molecule has 10 heteroatoms. The second-order valence-electron chi connectivity index (χ2n) is 5.78. The third kappa shape index (κ3) is 5.15. The molecule has 8 nitrogen and oxygen atoms in total. The minimum atomic E-state index is -0.707. The predicted octanol–water partition coefficient (Wildman–Crippen LogP) is 2.73. The summed E-state index contributed by atoms with van der Waals surface area (Å²) in [6.07, 6.45) is 3.64. The number of hydrogen-bond donors (Lipinski definition) is 2. The second kappa shape index (κ2) is 9.57. The number of aromatic nitrogens is 2. The monoisotopic (exact) mass is 476 g/mol. The summed E-state index contributed by atoms with van der Waals surface area (Å²) in [7, 11) is 0. The van der Waals surface area contributed by atoms with Gasteiger partial charge in [-0.2, -0.15) is 0 Å². The maximum atomic E-state index is 12.3. The number of para-hydroxylation sites is 1. The van der Waals surface area contributed by atoms with E-state index in [-0.39, 0.29) is 12.2 Å². The van der Waals surface area contributed by atoms with Gasteiger partial charge in [-0.05, 0) is 46.5 Å². The zero-order chi connectivity index (χ0) is 20.8. The number of anilines is 1. The fourth-order valence-electron chi connectivity index (χ4n) is 2.49. The topological polar surface area (TPSA) is 102 Å². The van der Waals surface area contributed by atoms with Gasteiger partial charge in [0, 0.05) is 10.7 Å². The zero-order valence-corrected chi connectivity index (χ0v) is 17.7. The quantitative estimate of drug-likeness (QED) is 0.401. The molecule has 0 fully saturated rings. The van der Waals surface area contributed by atoms with Gasteiger partial charge in [-0.1, -0.05) is 30.0 Å². The van der Waals surface area contributed by atoms with Gasteiger partial charge in [0.2, 0.25) is 5.91 Å².